The molecule has 0 aliphatic rings. The zero-order valence-electron chi connectivity index (χ0n) is 10.2. The fraction of sp³-hybridized carbons (Fsp3) is 0.462. The van der Waals surface area contributed by atoms with Crippen LogP contribution in [0.4, 0.5) is 0 Å². The van der Waals surface area contributed by atoms with Gasteiger partial charge in [-0.3, -0.25) is 0 Å². The number of nitriles is 1. The van der Waals surface area contributed by atoms with Gasteiger partial charge in [-0.25, -0.2) is 0 Å². The molecule has 0 saturated heterocycles. The fourth-order valence-corrected chi connectivity index (χ4v) is 1.75. The lowest BCUT2D eigenvalue weighted by Crippen LogP contribution is -2.20. The second-order valence-electron chi connectivity index (χ2n) is 3.80. The minimum atomic E-state index is 0.0507. The van der Waals surface area contributed by atoms with Gasteiger partial charge in [-0.2, -0.15) is 5.26 Å². The lowest BCUT2D eigenvalue weighted by Gasteiger charge is -2.17. The van der Waals surface area contributed by atoms with E-state index in [4.69, 9.17) is 21.6 Å². The Labute approximate surface area is 107 Å². The Bertz CT molecular complexity index is 401. The molecule has 3 nitrogen and oxygen atoms in total. The average molecular weight is 253 g/mol. The summed E-state index contributed by atoms with van der Waals surface area (Å²) in [7, 11) is 0. The van der Waals surface area contributed by atoms with E-state index in [0.717, 1.165) is 18.5 Å². The molecular formula is C13H17ClN2O. The Kier molecular flexibility index (Phi) is 5.82. The van der Waals surface area contributed by atoms with Crippen molar-refractivity contribution in [1.29, 1.82) is 5.26 Å². The molecule has 1 unspecified atom stereocenters. The van der Waals surface area contributed by atoms with Gasteiger partial charge in [0.2, 0.25) is 0 Å². The number of rotatable bonds is 6. The minimum Gasteiger partial charge on any atom is -0.478 e. The van der Waals surface area contributed by atoms with Crippen LogP contribution in [0.1, 0.15) is 31.9 Å². The first-order valence-electron chi connectivity index (χ1n) is 5.71. The Morgan fingerprint density at radius 1 is 1.53 bits per heavy atom. The van der Waals surface area contributed by atoms with E-state index in [0.29, 0.717) is 10.8 Å². The second kappa shape index (κ2) is 7.16. The van der Waals surface area contributed by atoms with Crippen molar-refractivity contribution >= 4 is 11.6 Å². The molecule has 17 heavy (non-hydrogen) atoms. The third-order valence-corrected chi connectivity index (χ3v) is 2.67. The van der Waals surface area contributed by atoms with E-state index in [1.807, 2.05) is 12.1 Å². The van der Waals surface area contributed by atoms with Crippen LogP contribution in [0.3, 0.4) is 0 Å². The highest BCUT2D eigenvalue weighted by molar-refractivity contribution is 6.30. The van der Waals surface area contributed by atoms with Gasteiger partial charge in [-0.05, 0) is 38.1 Å². The molecule has 1 aromatic rings. The first kappa shape index (κ1) is 13.8. The molecule has 1 atom stereocenters. The zero-order chi connectivity index (χ0) is 12.7. The fourth-order valence-electron chi connectivity index (χ4n) is 1.57. The van der Waals surface area contributed by atoms with E-state index in [1.165, 1.54) is 0 Å². The summed E-state index contributed by atoms with van der Waals surface area (Å²) in [6.07, 6.45) is 1.07. The van der Waals surface area contributed by atoms with Gasteiger partial charge in [-0.15, -0.1) is 0 Å². The van der Waals surface area contributed by atoms with Crippen LogP contribution in [-0.2, 0) is 0 Å². The number of nitrogens with one attached hydrogen (secondary N) is 1. The van der Waals surface area contributed by atoms with Gasteiger partial charge in [0.15, 0.2) is 6.61 Å². The molecule has 0 aromatic heterocycles. The molecule has 0 aliphatic carbocycles. The molecule has 0 radical (unpaired) electrons. The molecule has 0 amide bonds. The van der Waals surface area contributed by atoms with Crippen LogP contribution in [-0.4, -0.2) is 13.2 Å². The van der Waals surface area contributed by atoms with Crippen molar-refractivity contribution in [3.8, 4) is 11.8 Å². The maximum absolute atomic E-state index is 8.54. The average Bonchev–Trinajstić information content (AvgIpc) is 2.34. The van der Waals surface area contributed by atoms with Crippen molar-refractivity contribution in [1.82, 2.24) is 5.32 Å². The van der Waals surface area contributed by atoms with Crippen molar-refractivity contribution in [3.05, 3.63) is 28.8 Å². The highest BCUT2D eigenvalue weighted by Gasteiger charge is 2.11. The molecule has 0 spiro atoms. The largest absolute Gasteiger partial charge is 0.478 e. The number of nitrogens with zero attached hydrogens (tertiary/aromatic N) is 1. The number of halogens is 1. The van der Waals surface area contributed by atoms with E-state index >= 15 is 0 Å². The van der Waals surface area contributed by atoms with Crippen molar-refractivity contribution in [2.75, 3.05) is 13.2 Å². The molecule has 0 fully saturated rings. The van der Waals surface area contributed by atoms with Crippen LogP contribution in [0, 0.1) is 11.3 Å². The summed E-state index contributed by atoms with van der Waals surface area (Å²) in [5.41, 5.74) is 0.987. The van der Waals surface area contributed by atoms with Gasteiger partial charge >= 0.3 is 0 Å². The van der Waals surface area contributed by atoms with Gasteiger partial charge in [0.1, 0.15) is 11.8 Å². The maximum atomic E-state index is 8.54. The van der Waals surface area contributed by atoms with Crippen LogP contribution >= 0.6 is 11.6 Å². The van der Waals surface area contributed by atoms with Crippen molar-refractivity contribution in [2.45, 2.75) is 26.3 Å². The Balaban J connectivity index is 2.86. The predicted molar refractivity (Wildman–Crippen MR) is 69.3 cm³/mol. The zero-order valence-corrected chi connectivity index (χ0v) is 10.9. The number of hydrogen-bond acceptors (Lipinski definition) is 3. The first-order chi connectivity index (χ1) is 8.19. The second-order valence-corrected chi connectivity index (χ2v) is 4.24. The molecule has 0 heterocycles. The Hall–Kier alpha value is -1.24. The molecule has 92 valence electrons. The molecule has 4 heteroatoms. The quantitative estimate of drug-likeness (QED) is 0.845. The topological polar surface area (TPSA) is 45.0 Å². The summed E-state index contributed by atoms with van der Waals surface area (Å²) < 4.78 is 5.38. The van der Waals surface area contributed by atoms with Crippen molar-refractivity contribution in [3.63, 3.8) is 0 Å². The van der Waals surface area contributed by atoms with Crippen LogP contribution in [0.25, 0.3) is 0 Å². The van der Waals surface area contributed by atoms with E-state index in [-0.39, 0.29) is 12.6 Å². The summed E-state index contributed by atoms with van der Waals surface area (Å²) in [6, 6.07) is 7.57. The molecule has 1 N–H and O–H groups in total. The number of ether oxygens (including phenoxy) is 1. The molecular weight excluding hydrogens is 236 g/mol. The lowest BCUT2D eigenvalue weighted by molar-refractivity contribution is 0.358. The van der Waals surface area contributed by atoms with Gasteiger partial charge in [0, 0.05) is 16.6 Å². The molecule has 0 saturated carbocycles. The maximum Gasteiger partial charge on any atom is 0.174 e. The molecule has 0 aliphatic heterocycles. The third-order valence-electron chi connectivity index (χ3n) is 2.43. The highest BCUT2D eigenvalue weighted by Crippen LogP contribution is 2.28. The summed E-state index contributed by atoms with van der Waals surface area (Å²) in [5.74, 6) is 0.715. The van der Waals surface area contributed by atoms with Crippen LogP contribution in [0.15, 0.2) is 18.2 Å². The van der Waals surface area contributed by atoms with E-state index < -0.39 is 0 Å². The normalized spacial score (nSPS) is 11.9. The molecule has 1 aromatic carbocycles. The standard InChI is InChI=1S/C13H17ClN2O/c1-3-7-16-10(2)12-9-11(14)4-5-13(12)17-8-6-15/h4-5,9-10,16H,3,7-8H2,1-2H3. The van der Waals surface area contributed by atoms with Crippen LogP contribution < -0.4 is 10.1 Å². The first-order valence-corrected chi connectivity index (χ1v) is 6.09. The molecule has 1 rings (SSSR count). The molecule has 0 bridgehead atoms. The number of hydrogen-bond donors (Lipinski definition) is 1. The Morgan fingerprint density at radius 3 is 2.94 bits per heavy atom. The van der Waals surface area contributed by atoms with E-state index in [2.05, 4.69) is 19.2 Å². The Morgan fingerprint density at radius 2 is 2.29 bits per heavy atom. The summed E-state index contributed by atoms with van der Waals surface area (Å²) in [6.45, 7) is 5.16. The van der Waals surface area contributed by atoms with E-state index in [1.54, 1.807) is 12.1 Å². The van der Waals surface area contributed by atoms with Crippen molar-refractivity contribution < 1.29 is 4.74 Å². The summed E-state index contributed by atoms with van der Waals surface area (Å²) >= 11 is 5.98. The van der Waals surface area contributed by atoms with Gasteiger partial charge in [-0.1, -0.05) is 18.5 Å². The van der Waals surface area contributed by atoms with Gasteiger partial charge in [0.25, 0.3) is 0 Å². The summed E-state index contributed by atoms with van der Waals surface area (Å²) in [4.78, 5) is 0. The van der Waals surface area contributed by atoms with Crippen LogP contribution in [0.2, 0.25) is 5.02 Å². The lowest BCUT2D eigenvalue weighted by atomic mass is 10.1. The number of benzene rings is 1. The highest BCUT2D eigenvalue weighted by atomic mass is 35.5. The predicted octanol–water partition coefficient (Wildman–Crippen LogP) is 3.30. The van der Waals surface area contributed by atoms with Crippen LogP contribution in [0.5, 0.6) is 5.75 Å². The van der Waals surface area contributed by atoms with Gasteiger partial charge < -0.3 is 10.1 Å². The van der Waals surface area contributed by atoms with E-state index in [9.17, 15) is 0 Å². The van der Waals surface area contributed by atoms with Crippen molar-refractivity contribution in [2.24, 2.45) is 0 Å². The summed E-state index contributed by atoms with van der Waals surface area (Å²) in [5, 5.41) is 12.6. The van der Waals surface area contributed by atoms with Gasteiger partial charge in [0.05, 0.1) is 0 Å². The monoisotopic (exact) mass is 252 g/mol. The smallest absolute Gasteiger partial charge is 0.174 e. The minimum absolute atomic E-state index is 0.0507. The third kappa shape index (κ3) is 4.26. The SMILES string of the molecule is CCCNC(C)c1cc(Cl)ccc1OCC#N.